The van der Waals surface area contributed by atoms with Crippen LogP contribution in [0.15, 0.2) is 47.8 Å². The molecule has 0 unspecified atom stereocenters. The average molecular weight is 339 g/mol. The lowest BCUT2D eigenvalue weighted by Gasteiger charge is -2.06. The zero-order valence-corrected chi connectivity index (χ0v) is 13.8. The Morgan fingerprint density at radius 2 is 1.65 bits per heavy atom. The van der Waals surface area contributed by atoms with Gasteiger partial charge in [-0.25, -0.2) is 0 Å². The van der Waals surface area contributed by atoms with Crippen LogP contribution in [-0.2, 0) is 11.5 Å². The molecule has 0 spiro atoms. The molecule has 0 saturated heterocycles. The molecule has 1 heterocycles. The van der Waals surface area contributed by atoms with E-state index in [1.54, 1.807) is 11.3 Å². The standard InChI is InChI=1S/C16H12Cl2S2/c17-14-5-3-6-15(18)13(14)10-19-8-11-9-20-16-7-2-1-4-12(11)16/h1-7,9H,8,10H2. The highest BCUT2D eigenvalue weighted by atomic mass is 35.5. The lowest BCUT2D eigenvalue weighted by molar-refractivity contribution is 1.39. The van der Waals surface area contributed by atoms with Crippen molar-refractivity contribution in [1.29, 1.82) is 0 Å². The van der Waals surface area contributed by atoms with Crippen LogP contribution < -0.4 is 0 Å². The van der Waals surface area contributed by atoms with Crippen molar-refractivity contribution >= 4 is 56.4 Å². The van der Waals surface area contributed by atoms with Crippen LogP contribution in [0.2, 0.25) is 10.0 Å². The number of fused-ring (bicyclic) bond motifs is 1. The molecule has 0 radical (unpaired) electrons. The van der Waals surface area contributed by atoms with Gasteiger partial charge in [0.25, 0.3) is 0 Å². The summed E-state index contributed by atoms with van der Waals surface area (Å²) in [4.78, 5) is 0. The molecule has 0 amide bonds. The van der Waals surface area contributed by atoms with E-state index in [1.165, 1.54) is 15.6 Å². The second-order valence-corrected chi connectivity index (χ2v) is 7.16. The predicted molar refractivity (Wildman–Crippen MR) is 93.3 cm³/mol. The van der Waals surface area contributed by atoms with Crippen molar-refractivity contribution in [2.75, 3.05) is 0 Å². The molecule has 0 aliphatic rings. The van der Waals surface area contributed by atoms with E-state index < -0.39 is 0 Å². The highest BCUT2D eigenvalue weighted by Gasteiger charge is 2.07. The van der Waals surface area contributed by atoms with Gasteiger partial charge in [0.15, 0.2) is 0 Å². The third kappa shape index (κ3) is 2.99. The smallest absolute Gasteiger partial charge is 0.0461 e. The second kappa shape index (κ2) is 6.40. The van der Waals surface area contributed by atoms with Crippen LogP contribution in [0.1, 0.15) is 11.1 Å². The first-order valence-corrected chi connectivity index (χ1v) is 9.00. The number of thiophene rings is 1. The number of hydrogen-bond donors (Lipinski definition) is 0. The molecule has 0 fully saturated rings. The predicted octanol–water partition coefficient (Wildman–Crippen LogP) is 6.64. The Morgan fingerprint density at radius 1 is 0.900 bits per heavy atom. The van der Waals surface area contributed by atoms with Gasteiger partial charge in [-0.05, 0) is 40.1 Å². The van der Waals surface area contributed by atoms with Gasteiger partial charge >= 0.3 is 0 Å². The molecule has 0 nitrogen and oxygen atoms in total. The monoisotopic (exact) mass is 338 g/mol. The van der Waals surface area contributed by atoms with Crippen LogP contribution in [0, 0.1) is 0 Å². The topological polar surface area (TPSA) is 0 Å². The summed E-state index contributed by atoms with van der Waals surface area (Å²) in [5.41, 5.74) is 2.42. The normalized spacial score (nSPS) is 11.1. The summed E-state index contributed by atoms with van der Waals surface area (Å²) >= 11 is 16.0. The average Bonchev–Trinajstić information content (AvgIpc) is 2.86. The maximum Gasteiger partial charge on any atom is 0.0461 e. The van der Waals surface area contributed by atoms with E-state index in [2.05, 4.69) is 29.6 Å². The summed E-state index contributed by atoms with van der Waals surface area (Å²) in [7, 11) is 0. The van der Waals surface area contributed by atoms with E-state index in [4.69, 9.17) is 23.2 Å². The summed E-state index contributed by atoms with van der Waals surface area (Å²) in [6, 6.07) is 14.2. The molecule has 3 aromatic rings. The van der Waals surface area contributed by atoms with Gasteiger partial charge in [-0.2, -0.15) is 11.8 Å². The first-order valence-electron chi connectivity index (χ1n) is 6.21. The van der Waals surface area contributed by atoms with Gasteiger partial charge in [0.2, 0.25) is 0 Å². The van der Waals surface area contributed by atoms with Crippen LogP contribution in [0.3, 0.4) is 0 Å². The quantitative estimate of drug-likeness (QED) is 0.513. The molecule has 20 heavy (non-hydrogen) atoms. The minimum Gasteiger partial charge on any atom is -0.152 e. The molecule has 0 aliphatic heterocycles. The molecule has 0 N–H and O–H groups in total. The first-order chi connectivity index (χ1) is 9.75. The number of thioether (sulfide) groups is 1. The number of hydrogen-bond acceptors (Lipinski definition) is 2. The molecule has 1 aromatic heterocycles. The Balaban J connectivity index is 1.71. The fourth-order valence-corrected chi connectivity index (χ4v) is 4.91. The molecule has 0 aliphatic carbocycles. The molecule has 0 saturated carbocycles. The lowest BCUT2D eigenvalue weighted by atomic mass is 10.2. The Labute approximate surface area is 136 Å². The summed E-state index contributed by atoms with van der Waals surface area (Å²) in [6.45, 7) is 0. The third-order valence-corrected chi connectivity index (χ3v) is 5.86. The minimum atomic E-state index is 0.750. The zero-order chi connectivity index (χ0) is 13.9. The summed E-state index contributed by atoms with van der Waals surface area (Å²) < 4.78 is 1.35. The molecule has 0 atom stereocenters. The van der Waals surface area contributed by atoms with Crippen molar-refractivity contribution in [3.05, 3.63) is 69.0 Å². The highest BCUT2D eigenvalue weighted by molar-refractivity contribution is 7.97. The van der Waals surface area contributed by atoms with Crippen molar-refractivity contribution in [2.24, 2.45) is 0 Å². The van der Waals surface area contributed by atoms with Gasteiger partial charge in [-0.15, -0.1) is 11.3 Å². The molecular weight excluding hydrogens is 327 g/mol. The minimum absolute atomic E-state index is 0.750. The molecule has 102 valence electrons. The van der Waals surface area contributed by atoms with Gasteiger partial charge < -0.3 is 0 Å². The van der Waals surface area contributed by atoms with Gasteiger partial charge in [-0.1, -0.05) is 47.5 Å². The van der Waals surface area contributed by atoms with E-state index >= 15 is 0 Å². The highest BCUT2D eigenvalue weighted by Crippen LogP contribution is 2.32. The van der Waals surface area contributed by atoms with Crippen LogP contribution >= 0.6 is 46.3 Å². The van der Waals surface area contributed by atoms with E-state index in [9.17, 15) is 0 Å². The summed E-state index contributed by atoms with van der Waals surface area (Å²) in [6.07, 6.45) is 0. The van der Waals surface area contributed by atoms with Crippen molar-refractivity contribution in [3.63, 3.8) is 0 Å². The largest absolute Gasteiger partial charge is 0.152 e. The number of rotatable bonds is 4. The van der Waals surface area contributed by atoms with E-state index in [0.717, 1.165) is 27.1 Å². The Hall–Kier alpha value is -0.670. The van der Waals surface area contributed by atoms with Crippen molar-refractivity contribution < 1.29 is 0 Å². The van der Waals surface area contributed by atoms with Crippen molar-refractivity contribution in [1.82, 2.24) is 0 Å². The van der Waals surface area contributed by atoms with E-state index in [0.29, 0.717) is 0 Å². The number of benzene rings is 2. The first kappa shape index (κ1) is 14.3. The summed E-state index contributed by atoms with van der Waals surface area (Å²) in [5.74, 6) is 1.81. The van der Waals surface area contributed by atoms with Gasteiger partial charge in [-0.3, -0.25) is 0 Å². The Morgan fingerprint density at radius 3 is 2.45 bits per heavy atom. The maximum atomic E-state index is 6.19. The Bertz CT molecular complexity index is 714. The SMILES string of the molecule is Clc1cccc(Cl)c1CSCc1csc2ccccc12. The molecule has 4 heteroatoms. The zero-order valence-electron chi connectivity index (χ0n) is 10.6. The van der Waals surface area contributed by atoms with Crippen molar-refractivity contribution in [3.8, 4) is 0 Å². The third-order valence-electron chi connectivity index (χ3n) is 3.13. The number of halogens is 2. The summed E-state index contributed by atoms with van der Waals surface area (Å²) in [5, 5.41) is 5.10. The van der Waals surface area contributed by atoms with Gasteiger partial charge in [0.1, 0.15) is 0 Å². The Kier molecular flexibility index (Phi) is 4.57. The maximum absolute atomic E-state index is 6.19. The lowest BCUT2D eigenvalue weighted by Crippen LogP contribution is -1.86. The molecule has 2 aromatic carbocycles. The van der Waals surface area contributed by atoms with E-state index in [1.807, 2.05) is 30.0 Å². The van der Waals surface area contributed by atoms with Crippen LogP contribution in [0.4, 0.5) is 0 Å². The molecule has 0 bridgehead atoms. The second-order valence-electron chi connectivity index (χ2n) is 4.45. The van der Waals surface area contributed by atoms with Crippen molar-refractivity contribution in [2.45, 2.75) is 11.5 Å². The molecule has 3 rings (SSSR count). The molecular formula is C16H12Cl2S2. The van der Waals surface area contributed by atoms with Crippen LogP contribution in [0.5, 0.6) is 0 Å². The van der Waals surface area contributed by atoms with Gasteiger partial charge in [0, 0.05) is 26.3 Å². The van der Waals surface area contributed by atoms with Crippen LogP contribution in [0.25, 0.3) is 10.1 Å². The van der Waals surface area contributed by atoms with Gasteiger partial charge in [0.05, 0.1) is 0 Å². The van der Waals surface area contributed by atoms with E-state index in [-0.39, 0.29) is 0 Å². The van der Waals surface area contributed by atoms with Crippen LogP contribution in [-0.4, -0.2) is 0 Å². The fraction of sp³-hybridized carbons (Fsp3) is 0.125. The fourth-order valence-electron chi connectivity index (χ4n) is 2.08.